The molecule has 12 heteroatoms. The molecule has 0 aliphatic carbocycles. The van der Waals surface area contributed by atoms with E-state index in [2.05, 4.69) is 31.0 Å². The summed E-state index contributed by atoms with van der Waals surface area (Å²) >= 11 is 9.72. The van der Waals surface area contributed by atoms with Crippen LogP contribution in [0.25, 0.3) is 0 Å². The second-order valence-corrected chi connectivity index (χ2v) is 8.79. The lowest BCUT2D eigenvalue weighted by molar-refractivity contribution is -0.192. The normalized spacial score (nSPS) is 17.1. The highest BCUT2D eigenvalue weighted by Gasteiger charge is 2.38. The van der Waals surface area contributed by atoms with Gasteiger partial charge in [-0.05, 0) is 72.5 Å². The molecule has 2 saturated heterocycles. The molecule has 2 aromatic rings. The van der Waals surface area contributed by atoms with Gasteiger partial charge in [-0.2, -0.15) is 13.2 Å². The number of carbonyl (C=O) groups excluding carboxylic acids is 1. The number of likely N-dealkylation sites (tertiary alicyclic amines) is 1. The van der Waals surface area contributed by atoms with Crippen molar-refractivity contribution in [2.45, 2.75) is 31.5 Å². The maximum atomic E-state index is 12.5. The first-order chi connectivity index (χ1) is 15.6. The van der Waals surface area contributed by atoms with E-state index in [1.54, 1.807) is 12.1 Å². The van der Waals surface area contributed by atoms with Crippen LogP contribution in [-0.2, 0) is 4.79 Å². The first-order valence-corrected chi connectivity index (χ1v) is 11.4. The van der Waals surface area contributed by atoms with Crippen molar-refractivity contribution >= 4 is 50.8 Å². The summed E-state index contributed by atoms with van der Waals surface area (Å²) in [6, 6.07) is 9.64. The summed E-state index contributed by atoms with van der Waals surface area (Å²) in [4.78, 5) is 26.2. The molecule has 0 radical (unpaired) electrons. The van der Waals surface area contributed by atoms with E-state index >= 15 is 0 Å². The molecule has 0 atom stereocenters. The van der Waals surface area contributed by atoms with Crippen LogP contribution in [0.15, 0.2) is 39.4 Å². The summed E-state index contributed by atoms with van der Waals surface area (Å²) in [6.07, 6.45) is -1.50. The molecule has 33 heavy (non-hydrogen) atoms. The van der Waals surface area contributed by atoms with E-state index < -0.39 is 12.1 Å². The van der Waals surface area contributed by atoms with Gasteiger partial charge in [0, 0.05) is 19.1 Å². The van der Waals surface area contributed by atoms with Gasteiger partial charge in [0.2, 0.25) is 0 Å². The molecule has 4 rings (SSSR count). The summed E-state index contributed by atoms with van der Waals surface area (Å²) < 4.78 is 37.6. The molecule has 0 spiro atoms. The average molecular weight is 553 g/mol. The highest BCUT2D eigenvalue weighted by atomic mass is 79.9. The number of nitrogens with zero attached hydrogens (tertiary/aromatic N) is 2. The molecule has 2 fully saturated rings. The Labute approximate surface area is 201 Å². The van der Waals surface area contributed by atoms with Gasteiger partial charge in [-0.15, -0.1) is 0 Å². The number of amides is 1. The molecule has 1 aromatic heterocycles. The zero-order valence-electron chi connectivity index (χ0n) is 17.4. The molecule has 0 bridgehead atoms. The van der Waals surface area contributed by atoms with E-state index in [4.69, 9.17) is 25.9 Å². The van der Waals surface area contributed by atoms with E-state index in [-0.39, 0.29) is 11.7 Å². The van der Waals surface area contributed by atoms with E-state index in [9.17, 15) is 18.0 Å². The molecule has 2 aliphatic heterocycles. The Kier molecular flexibility index (Phi) is 8.30. The number of carboxylic acid groups (broad SMARTS) is 1. The van der Waals surface area contributed by atoms with Crippen LogP contribution in [0.3, 0.4) is 0 Å². The van der Waals surface area contributed by atoms with Crippen LogP contribution in [0.5, 0.6) is 0 Å². The number of anilines is 2. The fraction of sp³-hybridized carbons (Fsp3) is 0.429. The fourth-order valence-corrected chi connectivity index (χ4v) is 4.32. The van der Waals surface area contributed by atoms with Crippen molar-refractivity contribution in [3.8, 4) is 0 Å². The Balaban J connectivity index is 0.000000383. The van der Waals surface area contributed by atoms with Crippen molar-refractivity contribution in [3.63, 3.8) is 0 Å². The van der Waals surface area contributed by atoms with Gasteiger partial charge < -0.3 is 24.6 Å². The molecular weight excluding hydrogens is 531 g/mol. The predicted octanol–water partition coefficient (Wildman–Crippen LogP) is 5.26. The lowest BCUT2D eigenvalue weighted by atomic mass is 9.99. The SMILES string of the molecule is O=C(Nc1cccc(Cl)c1N1CCC(N2CCC2)CC1)c1ccc(Br)o1.O=C(O)C(F)(F)F. The fourth-order valence-electron chi connectivity index (χ4n) is 3.72. The van der Waals surface area contributed by atoms with Gasteiger partial charge >= 0.3 is 12.1 Å². The molecule has 0 saturated carbocycles. The van der Waals surface area contributed by atoms with Crippen molar-refractivity contribution in [3.05, 3.63) is 45.8 Å². The second kappa shape index (κ2) is 10.8. The summed E-state index contributed by atoms with van der Waals surface area (Å²) in [6.45, 7) is 4.35. The van der Waals surface area contributed by atoms with Crippen molar-refractivity contribution in [2.24, 2.45) is 0 Å². The monoisotopic (exact) mass is 551 g/mol. The quantitative estimate of drug-likeness (QED) is 0.539. The van der Waals surface area contributed by atoms with Crippen molar-refractivity contribution in [1.29, 1.82) is 0 Å². The number of rotatable bonds is 4. The third kappa shape index (κ3) is 6.64. The van der Waals surface area contributed by atoms with E-state index in [1.165, 1.54) is 19.5 Å². The summed E-state index contributed by atoms with van der Waals surface area (Å²) in [7, 11) is 0. The number of benzene rings is 1. The van der Waals surface area contributed by atoms with Gasteiger partial charge in [-0.3, -0.25) is 4.79 Å². The first-order valence-electron chi connectivity index (χ1n) is 10.2. The number of hydrogen-bond acceptors (Lipinski definition) is 5. The van der Waals surface area contributed by atoms with Gasteiger partial charge in [0.25, 0.3) is 5.91 Å². The highest BCUT2D eigenvalue weighted by Crippen LogP contribution is 2.36. The summed E-state index contributed by atoms with van der Waals surface area (Å²) in [5.74, 6) is -2.78. The highest BCUT2D eigenvalue weighted by molar-refractivity contribution is 9.10. The summed E-state index contributed by atoms with van der Waals surface area (Å²) in [5.41, 5.74) is 1.62. The maximum Gasteiger partial charge on any atom is 0.490 e. The lowest BCUT2D eigenvalue weighted by Crippen LogP contribution is -2.50. The van der Waals surface area contributed by atoms with Crippen molar-refractivity contribution < 1.29 is 32.3 Å². The third-order valence-electron chi connectivity index (χ3n) is 5.46. The molecular formula is C21H22BrClF3N3O4. The standard InChI is InChI=1S/C19H21BrClN3O2.C2HF3O2/c20-17-6-5-16(26-17)19(25)22-15-4-1-3-14(21)18(15)24-11-7-13(8-12-24)23-9-2-10-23;3-2(4,5)1(6)7/h1,3-6,13H,2,7-12H2,(H,22,25);(H,6,7). The van der Waals surface area contributed by atoms with E-state index in [0.29, 0.717) is 15.7 Å². The minimum absolute atomic E-state index is 0.263. The zero-order valence-corrected chi connectivity index (χ0v) is 19.7. The zero-order chi connectivity index (χ0) is 24.2. The molecule has 1 aromatic carbocycles. The lowest BCUT2D eigenvalue weighted by Gasteiger charge is -2.43. The Morgan fingerprint density at radius 3 is 2.24 bits per heavy atom. The molecule has 180 valence electrons. The molecule has 7 nitrogen and oxygen atoms in total. The number of nitrogens with one attached hydrogen (secondary N) is 1. The van der Waals surface area contributed by atoms with Gasteiger partial charge in [-0.25, -0.2) is 4.79 Å². The minimum Gasteiger partial charge on any atom is -0.475 e. The van der Waals surface area contributed by atoms with Crippen LogP contribution >= 0.6 is 27.5 Å². The number of piperidine rings is 1. The number of aliphatic carboxylic acids is 1. The van der Waals surface area contributed by atoms with Crippen molar-refractivity contribution in [2.75, 3.05) is 36.4 Å². The first kappa shape index (κ1) is 25.4. The third-order valence-corrected chi connectivity index (χ3v) is 6.19. The Hall–Kier alpha value is -2.24. The minimum atomic E-state index is -5.08. The van der Waals surface area contributed by atoms with Crippen LogP contribution in [0.2, 0.25) is 5.02 Å². The molecule has 2 aliphatic rings. The Morgan fingerprint density at radius 2 is 1.76 bits per heavy atom. The Bertz CT molecular complexity index is 989. The molecule has 2 N–H and O–H groups in total. The number of hydrogen-bond donors (Lipinski definition) is 2. The number of halogens is 5. The topological polar surface area (TPSA) is 86.0 Å². The maximum absolute atomic E-state index is 12.5. The average Bonchev–Trinajstić information content (AvgIpc) is 3.14. The van der Waals surface area contributed by atoms with Crippen LogP contribution in [0.1, 0.15) is 29.8 Å². The number of para-hydroxylation sites is 1. The number of furan rings is 1. The molecule has 0 unspecified atom stereocenters. The van der Waals surface area contributed by atoms with Crippen molar-refractivity contribution in [1.82, 2.24) is 4.90 Å². The van der Waals surface area contributed by atoms with Gasteiger partial charge in [-0.1, -0.05) is 17.7 Å². The predicted molar refractivity (Wildman–Crippen MR) is 121 cm³/mol. The Morgan fingerprint density at radius 1 is 1.12 bits per heavy atom. The largest absolute Gasteiger partial charge is 0.490 e. The molecule has 1 amide bonds. The van der Waals surface area contributed by atoms with Gasteiger partial charge in [0.1, 0.15) is 0 Å². The summed E-state index contributed by atoms with van der Waals surface area (Å²) in [5, 5.41) is 10.7. The van der Waals surface area contributed by atoms with E-state index in [1.807, 2.05) is 18.2 Å². The van der Waals surface area contributed by atoms with Gasteiger partial charge in [0.15, 0.2) is 10.4 Å². The van der Waals surface area contributed by atoms with Gasteiger partial charge in [0.05, 0.1) is 16.4 Å². The van der Waals surface area contributed by atoms with Crippen LogP contribution < -0.4 is 10.2 Å². The second-order valence-electron chi connectivity index (χ2n) is 7.60. The van der Waals surface area contributed by atoms with Crippen LogP contribution in [-0.4, -0.2) is 60.3 Å². The number of carboxylic acids is 1. The number of alkyl halides is 3. The smallest absolute Gasteiger partial charge is 0.475 e. The van der Waals surface area contributed by atoms with Crippen LogP contribution in [0.4, 0.5) is 24.5 Å². The van der Waals surface area contributed by atoms with E-state index in [0.717, 1.165) is 37.3 Å². The van der Waals surface area contributed by atoms with Crippen LogP contribution in [0, 0.1) is 0 Å². The number of carbonyl (C=O) groups is 2. The molecule has 3 heterocycles.